The van der Waals surface area contributed by atoms with Crippen molar-refractivity contribution in [3.8, 4) is 5.75 Å². The molecule has 132 valence electrons. The summed E-state index contributed by atoms with van der Waals surface area (Å²) in [7, 11) is 0. The summed E-state index contributed by atoms with van der Waals surface area (Å²) >= 11 is 0. The Morgan fingerprint density at radius 1 is 1.28 bits per heavy atom. The van der Waals surface area contributed by atoms with Crippen LogP contribution >= 0.6 is 0 Å². The largest absolute Gasteiger partial charge is 0.435 e. The van der Waals surface area contributed by atoms with E-state index in [1.165, 1.54) is 30.7 Å². The van der Waals surface area contributed by atoms with Gasteiger partial charge in [0, 0.05) is 37.2 Å². The lowest BCUT2D eigenvalue weighted by molar-refractivity contribution is -0.0498. The van der Waals surface area contributed by atoms with E-state index in [0.29, 0.717) is 6.54 Å². The fourth-order valence-corrected chi connectivity index (χ4v) is 2.84. The predicted octanol–water partition coefficient (Wildman–Crippen LogP) is 2.48. The zero-order valence-electron chi connectivity index (χ0n) is 13.4. The summed E-state index contributed by atoms with van der Waals surface area (Å²) in [5, 5.41) is 2.97. The standard InChI is InChI=1S/C17H18F2N4O2/c18-17(19)25-14-5-3-13(4-6-14)23-9-1-2-12(11-23)22-16(24)15-10-20-7-8-21-15/h3-8,10,12,17H,1-2,9,11H2,(H,22,24)/t12-/m0/s1. The molecule has 1 aromatic heterocycles. The minimum absolute atomic E-state index is 0.0137. The Bertz CT molecular complexity index is 698. The number of amides is 1. The summed E-state index contributed by atoms with van der Waals surface area (Å²) in [4.78, 5) is 22.2. The Labute approximate surface area is 143 Å². The lowest BCUT2D eigenvalue weighted by Crippen LogP contribution is -2.48. The minimum atomic E-state index is -2.83. The first-order chi connectivity index (χ1) is 12.1. The maximum atomic E-state index is 12.2. The van der Waals surface area contributed by atoms with Gasteiger partial charge in [0.1, 0.15) is 11.4 Å². The molecule has 1 saturated heterocycles. The van der Waals surface area contributed by atoms with Crippen molar-refractivity contribution in [1.29, 1.82) is 0 Å². The van der Waals surface area contributed by atoms with Crippen LogP contribution in [0.2, 0.25) is 0 Å². The molecule has 1 aliphatic heterocycles. The van der Waals surface area contributed by atoms with E-state index in [1.807, 2.05) is 0 Å². The van der Waals surface area contributed by atoms with Crippen LogP contribution in [-0.2, 0) is 0 Å². The van der Waals surface area contributed by atoms with Crippen molar-refractivity contribution in [1.82, 2.24) is 15.3 Å². The minimum Gasteiger partial charge on any atom is -0.435 e. The Kier molecular flexibility index (Phi) is 5.37. The van der Waals surface area contributed by atoms with Crippen LogP contribution in [0.1, 0.15) is 23.3 Å². The smallest absolute Gasteiger partial charge is 0.387 e. The Morgan fingerprint density at radius 3 is 2.76 bits per heavy atom. The van der Waals surface area contributed by atoms with Gasteiger partial charge < -0.3 is 15.0 Å². The molecule has 0 spiro atoms. The number of anilines is 1. The third kappa shape index (κ3) is 4.62. The SMILES string of the molecule is O=C(N[C@H]1CCCN(c2ccc(OC(F)F)cc2)C1)c1cnccn1. The molecule has 2 heterocycles. The van der Waals surface area contributed by atoms with Crippen LogP contribution in [0.4, 0.5) is 14.5 Å². The summed E-state index contributed by atoms with van der Waals surface area (Å²) in [6.07, 6.45) is 6.21. The number of aromatic nitrogens is 2. The molecule has 0 radical (unpaired) electrons. The van der Waals surface area contributed by atoms with Crippen LogP contribution in [0, 0.1) is 0 Å². The van der Waals surface area contributed by atoms with Crippen molar-refractivity contribution in [3.63, 3.8) is 0 Å². The third-order valence-corrected chi connectivity index (χ3v) is 3.98. The molecule has 1 fully saturated rings. The monoisotopic (exact) mass is 348 g/mol. The molecule has 0 aliphatic carbocycles. The first-order valence-corrected chi connectivity index (χ1v) is 7.98. The van der Waals surface area contributed by atoms with Crippen LogP contribution in [0.5, 0.6) is 5.75 Å². The summed E-state index contributed by atoms with van der Waals surface area (Å²) < 4.78 is 28.8. The normalized spacial score (nSPS) is 17.4. The topological polar surface area (TPSA) is 67.4 Å². The van der Waals surface area contributed by atoms with Crippen LogP contribution in [-0.4, -0.2) is 41.6 Å². The number of benzene rings is 1. The molecular formula is C17H18F2N4O2. The van der Waals surface area contributed by atoms with E-state index in [2.05, 4.69) is 24.9 Å². The molecule has 3 rings (SSSR count). The van der Waals surface area contributed by atoms with Gasteiger partial charge in [-0.15, -0.1) is 0 Å². The zero-order valence-corrected chi connectivity index (χ0v) is 13.4. The number of ether oxygens (including phenoxy) is 1. The van der Waals surface area contributed by atoms with E-state index in [1.54, 1.807) is 12.1 Å². The van der Waals surface area contributed by atoms with E-state index in [0.717, 1.165) is 25.1 Å². The fraction of sp³-hybridized carbons (Fsp3) is 0.353. The van der Waals surface area contributed by atoms with Gasteiger partial charge in [-0.25, -0.2) is 4.98 Å². The molecule has 0 unspecified atom stereocenters. The van der Waals surface area contributed by atoms with Gasteiger partial charge >= 0.3 is 6.61 Å². The van der Waals surface area contributed by atoms with Gasteiger partial charge in [-0.2, -0.15) is 8.78 Å². The number of alkyl halides is 2. The Hall–Kier alpha value is -2.77. The molecule has 8 heteroatoms. The lowest BCUT2D eigenvalue weighted by atomic mass is 10.0. The van der Waals surface area contributed by atoms with Gasteiger partial charge in [0.2, 0.25) is 0 Å². The molecule has 0 bridgehead atoms. The highest BCUT2D eigenvalue weighted by Crippen LogP contribution is 2.24. The molecule has 0 saturated carbocycles. The predicted molar refractivity (Wildman–Crippen MR) is 87.8 cm³/mol. The first kappa shape index (κ1) is 17.1. The molecule has 25 heavy (non-hydrogen) atoms. The van der Waals surface area contributed by atoms with Crippen LogP contribution < -0.4 is 15.0 Å². The van der Waals surface area contributed by atoms with Gasteiger partial charge in [-0.1, -0.05) is 0 Å². The van der Waals surface area contributed by atoms with Gasteiger partial charge in [-0.05, 0) is 37.1 Å². The molecule has 6 nitrogen and oxygen atoms in total. The van der Waals surface area contributed by atoms with Crippen LogP contribution in [0.15, 0.2) is 42.9 Å². The summed E-state index contributed by atoms with van der Waals surface area (Å²) in [5.74, 6) is -0.121. The quantitative estimate of drug-likeness (QED) is 0.899. The highest BCUT2D eigenvalue weighted by atomic mass is 19.3. The molecule has 1 atom stereocenters. The van der Waals surface area contributed by atoms with Crippen molar-refractivity contribution in [2.75, 3.05) is 18.0 Å². The molecule has 2 aromatic rings. The summed E-state index contributed by atoms with van der Waals surface area (Å²) in [6.45, 7) is -1.35. The van der Waals surface area contributed by atoms with E-state index < -0.39 is 6.61 Å². The van der Waals surface area contributed by atoms with Gasteiger partial charge in [0.15, 0.2) is 0 Å². The highest BCUT2D eigenvalue weighted by Gasteiger charge is 2.22. The van der Waals surface area contributed by atoms with Gasteiger partial charge in [0.25, 0.3) is 5.91 Å². The maximum absolute atomic E-state index is 12.2. The second-order valence-electron chi connectivity index (χ2n) is 5.72. The molecular weight excluding hydrogens is 330 g/mol. The van der Waals surface area contributed by atoms with Crippen LogP contribution in [0.25, 0.3) is 0 Å². The summed E-state index contributed by atoms with van der Waals surface area (Å²) in [6, 6.07) is 6.50. The van der Waals surface area contributed by atoms with E-state index in [-0.39, 0.29) is 23.4 Å². The van der Waals surface area contributed by atoms with E-state index in [4.69, 9.17) is 0 Å². The first-order valence-electron chi connectivity index (χ1n) is 7.98. The van der Waals surface area contributed by atoms with Crippen LogP contribution in [0.3, 0.4) is 0 Å². The number of hydrogen-bond donors (Lipinski definition) is 1. The van der Waals surface area contributed by atoms with E-state index in [9.17, 15) is 13.6 Å². The zero-order chi connectivity index (χ0) is 17.6. The molecule has 1 aromatic carbocycles. The number of nitrogens with one attached hydrogen (secondary N) is 1. The Balaban J connectivity index is 1.60. The van der Waals surface area contributed by atoms with Crippen molar-refractivity contribution >= 4 is 11.6 Å². The molecule has 1 amide bonds. The second kappa shape index (κ2) is 7.87. The van der Waals surface area contributed by atoms with E-state index >= 15 is 0 Å². The highest BCUT2D eigenvalue weighted by molar-refractivity contribution is 5.92. The van der Waals surface area contributed by atoms with Crippen molar-refractivity contribution in [3.05, 3.63) is 48.5 Å². The number of halogens is 2. The van der Waals surface area contributed by atoms with Crippen molar-refractivity contribution < 1.29 is 18.3 Å². The fourth-order valence-electron chi connectivity index (χ4n) is 2.84. The molecule has 1 aliphatic rings. The number of carbonyl (C=O) groups excluding carboxylic acids is 1. The number of nitrogens with zero attached hydrogens (tertiary/aromatic N) is 3. The number of piperidine rings is 1. The van der Waals surface area contributed by atoms with Crippen molar-refractivity contribution in [2.45, 2.75) is 25.5 Å². The Morgan fingerprint density at radius 2 is 2.08 bits per heavy atom. The number of carbonyl (C=O) groups is 1. The molecule has 1 N–H and O–H groups in total. The maximum Gasteiger partial charge on any atom is 0.387 e. The third-order valence-electron chi connectivity index (χ3n) is 3.98. The average Bonchev–Trinajstić information content (AvgIpc) is 2.63. The number of rotatable bonds is 5. The number of hydrogen-bond acceptors (Lipinski definition) is 5. The second-order valence-corrected chi connectivity index (χ2v) is 5.72. The van der Waals surface area contributed by atoms with Gasteiger partial charge in [0.05, 0.1) is 6.20 Å². The van der Waals surface area contributed by atoms with Crippen molar-refractivity contribution in [2.24, 2.45) is 0 Å². The lowest BCUT2D eigenvalue weighted by Gasteiger charge is -2.34. The average molecular weight is 348 g/mol. The van der Waals surface area contributed by atoms with Gasteiger partial charge in [-0.3, -0.25) is 9.78 Å². The summed E-state index contributed by atoms with van der Waals surface area (Å²) in [5.41, 5.74) is 1.19.